The highest BCUT2D eigenvalue weighted by molar-refractivity contribution is 5.75. The number of carbonyl (C=O) groups is 2. The summed E-state index contributed by atoms with van der Waals surface area (Å²) >= 11 is 0. The Morgan fingerprint density at radius 3 is 2.32 bits per heavy atom. The molecule has 2 rings (SSSR count). The van der Waals surface area contributed by atoms with Crippen LogP contribution in [0, 0.1) is 5.92 Å². The van der Waals surface area contributed by atoms with Crippen molar-refractivity contribution in [3.05, 3.63) is 22.7 Å². The second kappa shape index (κ2) is 10.5. The predicted molar refractivity (Wildman–Crippen MR) is 96.3 cm³/mol. The summed E-state index contributed by atoms with van der Waals surface area (Å²) in [6, 6.07) is 0.562. The summed E-state index contributed by atoms with van der Waals surface area (Å²) in [6.07, 6.45) is -8.69. The van der Waals surface area contributed by atoms with Crippen LogP contribution in [0.2, 0.25) is 0 Å². The first-order valence-electron chi connectivity index (χ1n) is 8.75. The molecular weight excluding hydrogens is 433 g/mol. The van der Waals surface area contributed by atoms with E-state index < -0.39 is 54.4 Å². The smallest absolute Gasteiger partial charge is 0.475 e. The number of esters is 1. The molecule has 7 N–H and O–H groups in total. The van der Waals surface area contributed by atoms with Gasteiger partial charge < -0.3 is 36.3 Å². The second-order valence-electron chi connectivity index (χ2n) is 6.79. The van der Waals surface area contributed by atoms with E-state index in [9.17, 15) is 33.0 Å². The maximum absolute atomic E-state index is 11.8. The van der Waals surface area contributed by atoms with Crippen molar-refractivity contribution < 1.29 is 47.6 Å². The number of alkyl halides is 3. The van der Waals surface area contributed by atoms with E-state index in [2.05, 4.69) is 4.98 Å². The van der Waals surface area contributed by atoms with E-state index in [1.54, 1.807) is 13.8 Å². The minimum Gasteiger partial charge on any atom is -0.475 e. The van der Waals surface area contributed by atoms with Gasteiger partial charge in [0.1, 0.15) is 36.8 Å². The van der Waals surface area contributed by atoms with Gasteiger partial charge in [0.2, 0.25) is 0 Å². The Morgan fingerprint density at radius 2 is 1.87 bits per heavy atom. The van der Waals surface area contributed by atoms with Gasteiger partial charge >= 0.3 is 23.8 Å². The van der Waals surface area contributed by atoms with Crippen LogP contribution in [0.3, 0.4) is 0 Å². The third-order valence-electron chi connectivity index (χ3n) is 4.09. The zero-order chi connectivity index (χ0) is 24.1. The Bertz CT molecular complexity index is 832. The number of ether oxygens (including phenoxy) is 2. The number of carbonyl (C=O) groups excluding carboxylic acids is 1. The van der Waals surface area contributed by atoms with E-state index in [1.165, 1.54) is 12.3 Å². The fraction of sp³-hybridized carbons (Fsp3) is 0.625. The molecule has 15 heteroatoms. The SMILES string of the molecule is CC(C)[C@H](N)C(=O)OC[C@H]1O[C@@H](n2ccc(N)nc2=O)[C@@H](O)[C@@H]1O.O=C(O)C(F)(F)F. The molecule has 1 aliphatic heterocycles. The number of aliphatic hydroxyl groups excluding tert-OH is 2. The molecule has 1 aliphatic rings. The molecule has 31 heavy (non-hydrogen) atoms. The van der Waals surface area contributed by atoms with Crippen LogP contribution in [0.1, 0.15) is 20.1 Å². The molecule has 0 radical (unpaired) electrons. The molecule has 0 saturated carbocycles. The quantitative estimate of drug-likeness (QED) is 0.326. The summed E-state index contributed by atoms with van der Waals surface area (Å²) in [4.78, 5) is 36.0. The second-order valence-corrected chi connectivity index (χ2v) is 6.79. The van der Waals surface area contributed by atoms with Crippen LogP contribution in [0.25, 0.3) is 0 Å². The summed E-state index contributed by atoms with van der Waals surface area (Å²) < 4.78 is 43.2. The monoisotopic (exact) mass is 456 g/mol. The summed E-state index contributed by atoms with van der Waals surface area (Å²) in [7, 11) is 0. The van der Waals surface area contributed by atoms with E-state index in [1.807, 2.05) is 0 Å². The molecule has 0 spiro atoms. The maximum atomic E-state index is 11.8. The predicted octanol–water partition coefficient (Wildman–Crippen LogP) is -1.40. The molecule has 1 fully saturated rings. The van der Waals surface area contributed by atoms with Crippen molar-refractivity contribution in [2.24, 2.45) is 11.7 Å². The zero-order valence-corrected chi connectivity index (χ0v) is 16.4. The molecule has 176 valence electrons. The lowest BCUT2D eigenvalue weighted by Gasteiger charge is -2.18. The van der Waals surface area contributed by atoms with Crippen molar-refractivity contribution in [3.63, 3.8) is 0 Å². The number of nitrogens with two attached hydrogens (primary N) is 2. The molecule has 0 bridgehead atoms. The van der Waals surface area contributed by atoms with Crippen LogP contribution in [0.15, 0.2) is 17.1 Å². The highest BCUT2D eigenvalue weighted by atomic mass is 19.4. The summed E-state index contributed by atoms with van der Waals surface area (Å²) in [6.45, 7) is 3.24. The van der Waals surface area contributed by atoms with Crippen LogP contribution in [0.5, 0.6) is 0 Å². The average Bonchev–Trinajstić information content (AvgIpc) is 2.93. The Morgan fingerprint density at radius 1 is 1.32 bits per heavy atom. The molecule has 12 nitrogen and oxygen atoms in total. The van der Waals surface area contributed by atoms with E-state index in [0.717, 1.165) is 4.57 Å². The number of carboxylic acids is 1. The first-order chi connectivity index (χ1) is 14.2. The van der Waals surface area contributed by atoms with E-state index in [-0.39, 0.29) is 18.3 Å². The highest BCUT2D eigenvalue weighted by Crippen LogP contribution is 2.28. The van der Waals surface area contributed by atoms with Gasteiger partial charge in [-0.3, -0.25) is 9.36 Å². The molecule has 1 saturated heterocycles. The van der Waals surface area contributed by atoms with Gasteiger partial charge in [-0.2, -0.15) is 18.2 Å². The molecule has 5 atom stereocenters. The molecule has 0 aliphatic carbocycles. The van der Waals surface area contributed by atoms with Gasteiger partial charge in [0, 0.05) is 6.20 Å². The van der Waals surface area contributed by atoms with Crippen molar-refractivity contribution in [1.82, 2.24) is 9.55 Å². The number of hydrogen-bond donors (Lipinski definition) is 5. The number of rotatable bonds is 5. The maximum Gasteiger partial charge on any atom is 0.490 e. The number of aromatic nitrogens is 2. The van der Waals surface area contributed by atoms with Gasteiger partial charge in [-0.15, -0.1) is 0 Å². The lowest BCUT2D eigenvalue weighted by molar-refractivity contribution is -0.192. The highest BCUT2D eigenvalue weighted by Gasteiger charge is 2.45. The largest absolute Gasteiger partial charge is 0.490 e. The van der Waals surface area contributed by atoms with Gasteiger partial charge in [0.15, 0.2) is 6.23 Å². The Labute approximate surface area is 173 Å². The number of aliphatic carboxylic acids is 1. The fourth-order valence-corrected chi connectivity index (χ4v) is 2.25. The van der Waals surface area contributed by atoms with Crippen LogP contribution < -0.4 is 17.2 Å². The number of halogens is 3. The van der Waals surface area contributed by atoms with Gasteiger partial charge in [0.05, 0.1) is 0 Å². The lowest BCUT2D eigenvalue weighted by Crippen LogP contribution is -2.40. The number of anilines is 1. The molecule has 0 aromatic carbocycles. The van der Waals surface area contributed by atoms with Gasteiger partial charge in [-0.1, -0.05) is 13.8 Å². The number of hydrogen-bond acceptors (Lipinski definition) is 10. The first-order valence-corrected chi connectivity index (χ1v) is 8.75. The molecule has 0 unspecified atom stereocenters. The van der Waals surface area contributed by atoms with E-state index in [0.29, 0.717) is 0 Å². The van der Waals surface area contributed by atoms with E-state index in [4.69, 9.17) is 30.8 Å². The first kappa shape index (κ1) is 26.3. The number of nitrogens with zero attached hydrogens (tertiary/aromatic N) is 2. The minimum atomic E-state index is -5.08. The lowest BCUT2D eigenvalue weighted by atomic mass is 10.1. The van der Waals surface area contributed by atoms with Crippen LogP contribution >= 0.6 is 0 Å². The van der Waals surface area contributed by atoms with Crippen molar-refractivity contribution >= 4 is 17.8 Å². The third kappa shape index (κ3) is 7.16. The molecule has 1 aromatic heterocycles. The normalized spacial score (nSPS) is 24.3. The van der Waals surface area contributed by atoms with Crippen molar-refractivity contribution in [2.45, 2.75) is 50.6 Å². The van der Waals surface area contributed by atoms with Gasteiger partial charge in [0.25, 0.3) is 0 Å². The van der Waals surface area contributed by atoms with Crippen LogP contribution in [-0.2, 0) is 19.1 Å². The minimum absolute atomic E-state index is 0.0254. The fourth-order valence-electron chi connectivity index (χ4n) is 2.25. The van der Waals surface area contributed by atoms with Gasteiger partial charge in [-0.25, -0.2) is 9.59 Å². The Kier molecular flexibility index (Phi) is 8.92. The summed E-state index contributed by atoms with van der Waals surface area (Å²) in [5, 5.41) is 27.2. The third-order valence-corrected chi connectivity index (χ3v) is 4.09. The molecule has 2 heterocycles. The summed E-state index contributed by atoms with van der Waals surface area (Å²) in [5.74, 6) is -3.47. The Balaban J connectivity index is 0.000000592. The van der Waals surface area contributed by atoms with Crippen molar-refractivity contribution in [1.29, 1.82) is 0 Å². The Hall–Kier alpha value is -2.75. The van der Waals surface area contributed by atoms with Gasteiger partial charge in [-0.05, 0) is 12.0 Å². The topological polar surface area (TPSA) is 200 Å². The van der Waals surface area contributed by atoms with Crippen LogP contribution in [-0.4, -0.2) is 73.9 Å². The number of aliphatic hydroxyl groups is 2. The van der Waals surface area contributed by atoms with Crippen molar-refractivity contribution in [3.8, 4) is 0 Å². The zero-order valence-electron chi connectivity index (χ0n) is 16.4. The van der Waals surface area contributed by atoms with Crippen molar-refractivity contribution in [2.75, 3.05) is 12.3 Å². The number of carboxylic acid groups (broad SMARTS) is 1. The number of nitrogen functional groups attached to an aromatic ring is 1. The molecule has 0 amide bonds. The molecule has 1 aromatic rings. The van der Waals surface area contributed by atoms with E-state index >= 15 is 0 Å². The van der Waals surface area contributed by atoms with Crippen LogP contribution in [0.4, 0.5) is 19.0 Å². The summed E-state index contributed by atoms with van der Waals surface area (Å²) in [5.41, 5.74) is 10.3. The standard InChI is InChI=1S/C14H22N4O6.C2HF3O2/c1-6(2)9(16)13(21)23-5-7-10(19)11(20)12(24-7)18-4-3-8(15)17-14(18)22;3-2(4,5)1(6)7/h3-4,6-7,9-12,19-20H,5,16H2,1-2H3,(H2,15,17,22);(H,6,7)/t7-,9+,10-,11+,12-;/m1./s1. The molecular formula is C16H23F3N4O8. The average molecular weight is 456 g/mol.